The molecule has 1 unspecified atom stereocenters. The van der Waals surface area contributed by atoms with Gasteiger partial charge in [0.05, 0.1) is 16.5 Å². The average molecular weight is 393 g/mol. The van der Waals surface area contributed by atoms with Gasteiger partial charge in [0, 0.05) is 6.54 Å². The third kappa shape index (κ3) is 3.39. The SMILES string of the molecule is O=CC1CN(S(=O)(=O)c2ccccc2)c2ccc(OCc3ccccc3)cc21. The fourth-order valence-electron chi connectivity index (χ4n) is 3.33. The number of aldehydes is 1. The molecule has 0 bridgehead atoms. The summed E-state index contributed by atoms with van der Waals surface area (Å²) in [6.45, 7) is 0.496. The molecule has 0 saturated carbocycles. The zero-order chi connectivity index (χ0) is 19.6. The van der Waals surface area contributed by atoms with E-state index in [9.17, 15) is 13.2 Å². The van der Waals surface area contributed by atoms with Gasteiger partial charge in [-0.05, 0) is 41.5 Å². The lowest BCUT2D eigenvalue weighted by molar-refractivity contribution is -0.108. The molecular weight excluding hydrogens is 374 g/mol. The van der Waals surface area contributed by atoms with Crippen molar-refractivity contribution in [1.29, 1.82) is 0 Å². The molecule has 0 radical (unpaired) electrons. The maximum atomic E-state index is 13.0. The minimum atomic E-state index is -3.73. The molecule has 1 heterocycles. The van der Waals surface area contributed by atoms with E-state index in [1.807, 2.05) is 30.3 Å². The first-order valence-corrected chi connectivity index (χ1v) is 10.4. The standard InChI is InChI=1S/C22H19NO4S/c24-15-18-14-23(28(25,26)20-9-5-2-6-10-20)22-12-11-19(13-21(18)22)27-16-17-7-3-1-4-8-17/h1-13,15,18H,14,16H2. The molecule has 0 spiro atoms. The first-order chi connectivity index (χ1) is 13.6. The van der Waals surface area contributed by atoms with Crippen LogP contribution in [0.25, 0.3) is 0 Å². The second-order valence-electron chi connectivity index (χ2n) is 6.59. The highest BCUT2D eigenvalue weighted by molar-refractivity contribution is 7.92. The number of anilines is 1. The third-order valence-corrected chi connectivity index (χ3v) is 6.57. The Balaban J connectivity index is 1.63. The average Bonchev–Trinajstić information content (AvgIpc) is 3.12. The van der Waals surface area contributed by atoms with Gasteiger partial charge in [0.25, 0.3) is 10.0 Å². The number of ether oxygens (including phenoxy) is 1. The van der Waals surface area contributed by atoms with Crippen LogP contribution in [0.3, 0.4) is 0 Å². The highest BCUT2D eigenvalue weighted by atomic mass is 32.2. The van der Waals surface area contributed by atoms with E-state index in [-0.39, 0.29) is 11.4 Å². The monoisotopic (exact) mass is 393 g/mol. The van der Waals surface area contributed by atoms with Crippen LogP contribution in [0.4, 0.5) is 5.69 Å². The summed E-state index contributed by atoms with van der Waals surface area (Å²) in [5.41, 5.74) is 2.22. The number of carbonyl (C=O) groups excluding carboxylic acids is 1. The molecule has 28 heavy (non-hydrogen) atoms. The lowest BCUT2D eigenvalue weighted by Crippen LogP contribution is -2.30. The van der Waals surface area contributed by atoms with Crippen molar-refractivity contribution in [2.24, 2.45) is 0 Å². The molecule has 4 rings (SSSR count). The van der Waals surface area contributed by atoms with Crippen LogP contribution >= 0.6 is 0 Å². The van der Waals surface area contributed by atoms with Gasteiger partial charge in [-0.3, -0.25) is 4.31 Å². The van der Waals surface area contributed by atoms with E-state index in [0.717, 1.165) is 11.8 Å². The minimum absolute atomic E-state index is 0.0954. The van der Waals surface area contributed by atoms with Crippen molar-refractivity contribution >= 4 is 22.0 Å². The Morgan fingerprint density at radius 3 is 2.32 bits per heavy atom. The molecule has 1 aliphatic heterocycles. The van der Waals surface area contributed by atoms with Crippen molar-refractivity contribution in [3.63, 3.8) is 0 Å². The van der Waals surface area contributed by atoms with Gasteiger partial charge in [0.2, 0.25) is 0 Å². The molecule has 3 aromatic rings. The number of carbonyl (C=O) groups is 1. The zero-order valence-corrected chi connectivity index (χ0v) is 15.9. The van der Waals surface area contributed by atoms with Crippen molar-refractivity contribution in [3.05, 3.63) is 90.0 Å². The van der Waals surface area contributed by atoms with Gasteiger partial charge in [-0.25, -0.2) is 8.42 Å². The Bertz CT molecular complexity index is 1080. The van der Waals surface area contributed by atoms with Crippen molar-refractivity contribution in [2.75, 3.05) is 10.8 Å². The van der Waals surface area contributed by atoms with E-state index in [1.165, 1.54) is 4.31 Å². The molecule has 0 aliphatic carbocycles. The van der Waals surface area contributed by atoms with Crippen LogP contribution in [-0.2, 0) is 21.4 Å². The lowest BCUT2D eigenvalue weighted by atomic mass is 10.0. The molecule has 6 heteroatoms. The molecule has 142 valence electrons. The first kappa shape index (κ1) is 18.3. The van der Waals surface area contributed by atoms with Gasteiger partial charge in [-0.2, -0.15) is 0 Å². The van der Waals surface area contributed by atoms with Gasteiger partial charge in [-0.1, -0.05) is 48.5 Å². The maximum absolute atomic E-state index is 13.0. The normalized spacial score (nSPS) is 15.9. The molecule has 1 aliphatic rings. The number of hydrogen-bond donors (Lipinski definition) is 0. The van der Waals surface area contributed by atoms with Gasteiger partial charge in [-0.15, -0.1) is 0 Å². The topological polar surface area (TPSA) is 63.7 Å². The summed E-state index contributed by atoms with van der Waals surface area (Å²) < 4.78 is 33.2. The van der Waals surface area contributed by atoms with Crippen molar-refractivity contribution in [3.8, 4) is 5.75 Å². The number of fused-ring (bicyclic) bond motifs is 1. The number of sulfonamides is 1. The molecule has 0 saturated heterocycles. The third-order valence-electron chi connectivity index (χ3n) is 4.77. The van der Waals surface area contributed by atoms with Gasteiger partial charge >= 0.3 is 0 Å². The number of nitrogens with zero attached hydrogens (tertiary/aromatic N) is 1. The quantitative estimate of drug-likeness (QED) is 0.598. The summed E-state index contributed by atoms with van der Waals surface area (Å²) in [4.78, 5) is 11.8. The second kappa shape index (κ2) is 7.48. The number of benzene rings is 3. The fourth-order valence-corrected chi connectivity index (χ4v) is 4.86. The summed E-state index contributed by atoms with van der Waals surface area (Å²) in [5, 5.41) is 0. The van der Waals surface area contributed by atoms with Gasteiger partial charge in [0.15, 0.2) is 0 Å². The Morgan fingerprint density at radius 2 is 1.64 bits per heavy atom. The van der Waals surface area contributed by atoms with Crippen LogP contribution in [0.15, 0.2) is 83.8 Å². The van der Waals surface area contributed by atoms with E-state index in [1.54, 1.807) is 48.5 Å². The van der Waals surface area contributed by atoms with Gasteiger partial charge in [0.1, 0.15) is 18.6 Å². The Labute approximate surface area is 164 Å². The molecule has 0 N–H and O–H groups in total. The molecule has 5 nitrogen and oxygen atoms in total. The number of rotatable bonds is 6. The predicted octanol–water partition coefficient (Wildman–Crippen LogP) is 3.76. The molecule has 0 amide bonds. The highest BCUT2D eigenvalue weighted by Crippen LogP contribution is 2.40. The van der Waals surface area contributed by atoms with Crippen molar-refractivity contribution < 1.29 is 17.9 Å². The van der Waals surface area contributed by atoms with Crippen LogP contribution in [-0.4, -0.2) is 21.2 Å². The van der Waals surface area contributed by atoms with Crippen LogP contribution in [0, 0.1) is 0 Å². The first-order valence-electron chi connectivity index (χ1n) is 8.93. The van der Waals surface area contributed by atoms with Crippen LogP contribution in [0.5, 0.6) is 5.75 Å². The molecule has 0 aromatic heterocycles. The molecular formula is C22H19NO4S. The molecule has 1 atom stereocenters. The molecule has 3 aromatic carbocycles. The second-order valence-corrected chi connectivity index (χ2v) is 8.45. The van der Waals surface area contributed by atoms with Crippen molar-refractivity contribution in [1.82, 2.24) is 0 Å². The number of hydrogen-bond acceptors (Lipinski definition) is 4. The summed E-state index contributed by atoms with van der Waals surface area (Å²) in [6, 6.07) is 23.2. The lowest BCUT2D eigenvalue weighted by Gasteiger charge is -2.20. The Morgan fingerprint density at radius 1 is 0.964 bits per heavy atom. The maximum Gasteiger partial charge on any atom is 0.264 e. The summed E-state index contributed by atoms with van der Waals surface area (Å²) in [7, 11) is -3.73. The molecule has 0 fully saturated rings. The minimum Gasteiger partial charge on any atom is -0.489 e. The summed E-state index contributed by atoms with van der Waals surface area (Å²) >= 11 is 0. The zero-order valence-electron chi connectivity index (χ0n) is 15.1. The summed E-state index contributed by atoms with van der Waals surface area (Å²) in [6.07, 6.45) is 0.792. The van der Waals surface area contributed by atoms with Crippen LogP contribution in [0.1, 0.15) is 17.0 Å². The Kier molecular flexibility index (Phi) is 4.88. The van der Waals surface area contributed by atoms with E-state index in [2.05, 4.69) is 0 Å². The Hall–Kier alpha value is -3.12. The fraction of sp³-hybridized carbons (Fsp3) is 0.136. The van der Waals surface area contributed by atoms with E-state index in [4.69, 9.17) is 4.74 Å². The van der Waals surface area contributed by atoms with E-state index in [0.29, 0.717) is 23.6 Å². The summed E-state index contributed by atoms with van der Waals surface area (Å²) in [5.74, 6) is 0.0853. The van der Waals surface area contributed by atoms with Crippen LogP contribution < -0.4 is 9.04 Å². The van der Waals surface area contributed by atoms with Crippen molar-refractivity contribution in [2.45, 2.75) is 17.4 Å². The largest absolute Gasteiger partial charge is 0.489 e. The van der Waals surface area contributed by atoms with Crippen LogP contribution in [0.2, 0.25) is 0 Å². The van der Waals surface area contributed by atoms with Gasteiger partial charge < -0.3 is 9.53 Å². The smallest absolute Gasteiger partial charge is 0.264 e. The van der Waals surface area contributed by atoms with E-state index < -0.39 is 15.9 Å². The highest BCUT2D eigenvalue weighted by Gasteiger charge is 2.36. The van der Waals surface area contributed by atoms with E-state index >= 15 is 0 Å². The predicted molar refractivity (Wildman–Crippen MR) is 107 cm³/mol.